The molecular formula is C96H172N2O48. The first-order valence-electron chi connectivity index (χ1n) is 52.5. The van der Waals surface area contributed by atoms with E-state index in [1.165, 1.54) is 135 Å². The lowest BCUT2D eigenvalue weighted by atomic mass is 9.94. The molecule has 0 spiro atoms. The standard InChI is InChI=1S/C96H172N2O48/c1-4-6-8-10-12-14-16-18-19-20-21-22-23-25-27-29-31-33-35-37-60(110)98-49(50(109)36-34-32-30-28-26-24-17-15-13-11-9-7-5-2)47-129-89-72(121)70(119)80(58(45-106)137-89)139-90-73(122)71(120)81(59(46-107)138-90)140-91-75(124)83(64(113)53(40-101)131-91)142-93-77(126)85(66(115)55(42-103)133-93)144-95-79(128)87(68(117)57(44-105)135-95)146-96-78(127)86(67(116)56(43-104)136-96)145-94-76(125)84(65(114)54(41-102)134-94)143-92-74(123)82(63(112)52(39-100)132-92)141-88-61(97-48(3)108)69(118)62(111)51(38-99)130-88/h34,36,49-59,61-96,99-107,109,111-128H,4-33,35,37-47H2,1-3H3,(H,97,108)(H,98,110)/b36-34+/t49-,50+,51?,52?,53?,54?,55?,56?,57?,58?,59?,61?,62-,63-,64-,65-,66-,67-,68-,69+,70+,71+,72?,73?,74?,75?,76?,77?,78?,79?,80+,81-,82-,83-,84-,85-,86-,87-,88-,89+,90-,91-,92+,93+,94+,95+,96+/m0/s1. The number of hydrogen-bond donors (Lipinski definition) is 30. The molecular weight excluding hydrogens is 1950 g/mol. The number of ether oxygens (including phenoxy) is 18. The Balaban J connectivity index is 0.796. The van der Waals surface area contributed by atoms with Gasteiger partial charge in [-0.2, -0.15) is 0 Å². The van der Waals surface area contributed by atoms with Crippen LogP contribution in [0.15, 0.2) is 12.2 Å². The molecule has 50 heteroatoms. The zero-order valence-corrected chi connectivity index (χ0v) is 83.7. The van der Waals surface area contributed by atoms with E-state index in [0.29, 0.717) is 12.8 Å². The zero-order chi connectivity index (χ0) is 107. The van der Waals surface area contributed by atoms with E-state index in [4.69, 9.17) is 85.3 Å². The summed E-state index contributed by atoms with van der Waals surface area (Å²) in [5.41, 5.74) is 0. The molecule has 9 fully saturated rings. The van der Waals surface area contributed by atoms with E-state index in [0.717, 1.165) is 58.3 Å². The first-order chi connectivity index (χ1) is 70.1. The molecule has 2 amide bonds. The molecule has 30 N–H and O–H groups in total. The average molecular weight is 2120 g/mol. The lowest BCUT2D eigenvalue weighted by Gasteiger charge is -2.50. The monoisotopic (exact) mass is 2120 g/mol. The van der Waals surface area contributed by atoms with Gasteiger partial charge in [0, 0.05) is 13.3 Å². The highest BCUT2D eigenvalue weighted by Gasteiger charge is 2.62. The van der Waals surface area contributed by atoms with Crippen LogP contribution in [0, 0.1) is 0 Å². The maximum absolute atomic E-state index is 13.6. The van der Waals surface area contributed by atoms with Gasteiger partial charge < -0.3 is 239 Å². The van der Waals surface area contributed by atoms with Crippen molar-refractivity contribution in [2.75, 3.05) is 66.1 Å². The molecule has 9 heterocycles. The fourth-order valence-corrected chi connectivity index (χ4v) is 19.8. The Labute approximate surface area is 849 Å². The van der Waals surface area contributed by atoms with Crippen molar-refractivity contribution in [2.24, 2.45) is 0 Å². The molecule has 0 saturated carbocycles. The molecule has 0 aromatic rings. The van der Waals surface area contributed by atoms with E-state index < -0.39 is 360 Å². The molecule has 47 atom stereocenters. The van der Waals surface area contributed by atoms with Crippen molar-refractivity contribution in [3.63, 3.8) is 0 Å². The van der Waals surface area contributed by atoms with Crippen LogP contribution in [0.2, 0.25) is 0 Å². The average Bonchev–Trinajstić information content (AvgIpc) is 0.759. The molecule has 146 heavy (non-hydrogen) atoms. The number of aliphatic hydroxyl groups excluding tert-OH is 28. The molecule has 50 nitrogen and oxygen atoms in total. The van der Waals surface area contributed by atoms with Gasteiger partial charge >= 0.3 is 0 Å². The number of amides is 2. The quantitative estimate of drug-likeness (QED) is 0.0199. The Kier molecular flexibility index (Phi) is 56.3. The molecule has 9 saturated heterocycles. The second kappa shape index (κ2) is 65.1. The van der Waals surface area contributed by atoms with Crippen molar-refractivity contribution >= 4 is 11.8 Å². The Morgan fingerprint density at radius 3 is 0.788 bits per heavy atom. The highest BCUT2D eigenvalue weighted by molar-refractivity contribution is 5.76. The minimum absolute atomic E-state index is 0.155. The number of nitrogens with one attached hydrogen (secondary N) is 2. The van der Waals surface area contributed by atoms with Crippen LogP contribution in [-0.4, -0.2) is 509 Å². The predicted molar refractivity (Wildman–Crippen MR) is 499 cm³/mol. The van der Waals surface area contributed by atoms with Gasteiger partial charge in [0.05, 0.1) is 78.2 Å². The third kappa shape index (κ3) is 35.2. The summed E-state index contributed by atoms with van der Waals surface area (Å²) in [5.74, 6) is -1.16. The smallest absolute Gasteiger partial charge is 0.220 e. The first-order valence-corrected chi connectivity index (χ1v) is 52.5. The summed E-state index contributed by atoms with van der Waals surface area (Å²) in [6.07, 6.45) is -53.8. The highest BCUT2D eigenvalue weighted by Crippen LogP contribution is 2.41. The van der Waals surface area contributed by atoms with Crippen molar-refractivity contribution in [1.82, 2.24) is 10.6 Å². The normalized spacial score (nSPS) is 40.9. The van der Waals surface area contributed by atoms with Gasteiger partial charge in [-0.05, 0) is 19.3 Å². The van der Waals surface area contributed by atoms with E-state index >= 15 is 0 Å². The van der Waals surface area contributed by atoms with E-state index in [-0.39, 0.29) is 12.3 Å². The molecule has 0 aliphatic carbocycles. The Hall–Kier alpha value is -3.16. The minimum atomic E-state index is -2.45. The molecule has 0 aromatic heterocycles. The zero-order valence-electron chi connectivity index (χ0n) is 83.7. The molecule has 9 aliphatic rings. The number of carbonyl (C=O) groups excluding carboxylic acids is 2. The van der Waals surface area contributed by atoms with Gasteiger partial charge in [0.15, 0.2) is 56.6 Å². The summed E-state index contributed by atoms with van der Waals surface area (Å²) in [6.45, 7) is -4.81. The van der Waals surface area contributed by atoms with Gasteiger partial charge in [0.1, 0.15) is 220 Å². The predicted octanol–water partition coefficient (Wildman–Crippen LogP) is -7.53. The molecule has 854 valence electrons. The van der Waals surface area contributed by atoms with E-state index in [1.807, 2.05) is 6.08 Å². The van der Waals surface area contributed by atoms with Crippen LogP contribution in [0.25, 0.3) is 0 Å². The second-order valence-corrected chi connectivity index (χ2v) is 39.8. The number of unbranched alkanes of at least 4 members (excludes halogenated alkanes) is 29. The Bertz CT molecular complexity index is 3560. The lowest BCUT2D eigenvalue weighted by Crippen LogP contribution is -2.69. The lowest BCUT2D eigenvalue weighted by molar-refractivity contribution is -0.402. The first kappa shape index (κ1) is 126. The van der Waals surface area contributed by atoms with Gasteiger partial charge in [-0.25, -0.2) is 0 Å². The molecule has 9 rings (SSSR count). The maximum Gasteiger partial charge on any atom is 0.220 e. The third-order valence-electron chi connectivity index (χ3n) is 28.7. The van der Waals surface area contributed by atoms with E-state index in [9.17, 15) is 153 Å². The van der Waals surface area contributed by atoms with E-state index in [1.54, 1.807) is 6.08 Å². The van der Waals surface area contributed by atoms with Gasteiger partial charge in [0.25, 0.3) is 0 Å². The number of rotatable bonds is 64. The van der Waals surface area contributed by atoms with Crippen LogP contribution in [-0.2, 0) is 94.9 Å². The molecule has 18 unspecified atom stereocenters. The van der Waals surface area contributed by atoms with Gasteiger partial charge in [0.2, 0.25) is 11.8 Å². The minimum Gasteiger partial charge on any atom is -0.394 e. The SMILES string of the molecule is CCCCCCCCCCCCC/C=C/[C@@H](O)[C@H](CO[C@@H]1OC(CO)[C@@H](O[C@@H]2OC(CO)[C@H](O[C@@H]3OC(CO)[C@H](O)[C@H](O[C@H]4OC(CO)[C@H](O)[C@H](O[C@H]5OC(CO)[C@H](O)[C@H](O[C@H]6OC(CO)[C@H](O)[C@H](O[C@H]7OC(CO)[C@H](O)[C@H](O[C@H]8OC(CO)[C@H](O)[C@H](O[C@@H]9OC(CO)[C@H](O)[C@H](O)C9NC(C)=O)C8O)C7O)C6O)C5O)C4O)C3O)[C@H](O)C2O)[C@H](O)C1O)NC(=O)CCCCCCCCCCCCCCCCCCCCC. The fraction of sp³-hybridized carbons (Fsp3) is 0.958. The molecule has 0 radical (unpaired) electrons. The number of allylic oxidation sites excluding steroid dienone is 1. The summed E-state index contributed by atoms with van der Waals surface area (Å²) in [4.78, 5) is 25.8. The van der Waals surface area contributed by atoms with Crippen LogP contribution in [0.1, 0.15) is 226 Å². The number of aliphatic hydroxyl groups is 28. The largest absolute Gasteiger partial charge is 0.394 e. The van der Waals surface area contributed by atoms with Crippen LogP contribution in [0.4, 0.5) is 0 Å². The summed E-state index contributed by atoms with van der Waals surface area (Å²) in [7, 11) is 0. The number of carbonyl (C=O) groups is 2. The molecule has 0 bridgehead atoms. The number of hydrogen-bond acceptors (Lipinski definition) is 48. The van der Waals surface area contributed by atoms with Crippen molar-refractivity contribution in [1.29, 1.82) is 0 Å². The second-order valence-electron chi connectivity index (χ2n) is 39.8. The summed E-state index contributed by atoms with van der Waals surface area (Å²) in [6, 6.07) is -2.75. The van der Waals surface area contributed by atoms with Crippen molar-refractivity contribution in [2.45, 2.75) is 515 Å². The van der Waals surface area contributed by atoms with Crippen LogP contribution >= 0.6 is 0 Å². The van der Waals surface area contributed by atoms with E-state index in [2.05, 4.69) is 24.5 Å². The van der Waals surface area contributed by atoms with Crippen LogP contribution in [0.3, 0.4) is 0 Å². The Morgan fingerprint density at radius 1 is 0.267 bits per heavy atom. The third-order valence-corrected chi connectivity index (χ3v) is 28.7. The topological polar surface area (TPSA) is 791 Å². The van der Waals surface area contributed by atoms with Crippen LogP contribution < -0.4 is 10.6 Å². The van der Waals surface area contributed by atoms with Crippen molar-refractivity contribution in [3.8, 4) is 0 Å². The maximum atomic E-state index is 13.6. The highest BCUT2D eigenvalue weighted by atomic mass is 16.8. The molecule has 0 aromatic carbocycles. The Morgan fingerprint density at radius 2 is 0.500 bits per heavy atom. The summed E-state index contributed by atoms with van der Waals surface area (Å²) >= 11 is 0. The van der Waals surface area contributed by atoms with Crippen molar-refractivity contribution < 1.29 is 238 Å². The van der Waals surface area contributed by atoms with Gasteiger partial charge in [-0.15, -0.1) is 0 Å². The van der Waals surface area contributed by atoms with Crippen molar-refractivity contribution in [3.05, 3.63) is 12.2 Å². The summed E-state index contributed by atoms with van der Waals surface area (Å²) in [5, 5.41) is 321. The fourth-order valence-electron chi connectivity index (χ4n) is 19.8. The summed E-state index contributed by atoms with van der Waals surface area (Å²) < 4.78 is 105. The van der Waals surface area contributed by atoms with Gasteiger partial charge in [-0.3, -0.25) is 9.59 Å². The van der Waals surface area contributed by atoms with Crippen LogP contribution in [0.5, 0.6) is 0 Å². The molecule has 9 aliphatic heterocycles. The van der Waals surface area contributed by atoms with Gasteiger partial charge in [-0.1, -0.05) is 206 Å².